The second-order valence-corrected chi connectivity index (χ2v) is 15.2. The molecule has 0 saturated carbocycles. The van der Waals surface area contributed by atoms with Crippen LogP contribution in [0.2, 0.25) is 0 Å². The molecular formula is C41H61N11O13. The molecule has 18 N–H and O–H groups in total. The molecule has 0 bridgehead atoms. The van der Waals surface area contributed by atoms with E-state index in [1.54, 1.807) is 44.2 Å². The first-order chi connectivity index (χ1) is 30.8. The molecule has 0 saturated heterocycles. The minimum atomic E-state index is -1.74. The van der Waals surface area contributed by atoms with E-state index in [0.717, 1.165) is 0 Å². The van der Waals surface area contributed by atoms with Crippen LogP contribution in [0.25, 0.3) is 0 Å². The van der Waals surface area contributed by atoms with Crippen molar-refractivity contribution in [2.75, 3.05) is 32.9 Å². The first-order valence-electron chi connectivity index (χ1n) is 20.6. The highest BCUT2D eigenvalue weighted by Crippen LogP contribution is 2.13. The summed E-state index contributed by atoms with van der Waals surface area (Å²) in [5.41, 5.74) is 17.3. The Kier molecular flexibility index (Phi) is 23.4. The zero-order valence-electron chi connectivity index (χ0n) is 36.1. The fraction of sp³-hybridized carbons (Fsp3) is 0.488. The number of aromatic hydroxyl groups is 1. The second-order valence-electron chi connectivity index (χ2n) is 15.2. The normalized spacial score (nSPS) is 14.1. The number of hydrogen-bond donors (Lipinski definition) is 15. The van der Waals surface area contributed by atoms with Crippen LogP contribution >= 0.6 is 0 Å². The number of hydrogen-bond acceptors (Lipinski definition) is 14. The van der Waals surface area contributed by atoms with Crippen molar-refractivity contribution in [1.82, 2.24) is 37.2 Å². The van der Waals surface area contributed by atoms with E-state index in [-0.39, 0.29) is 56.3 Å². The summed E-state index contributed by atoms with van der Waals surface area (Å²) >= 11 is 0. The van der Waals surface area contributed by atoms with E-state index < -0.39 is 116 Å². The zero-order valence-corrected chi connectivity index (χ0v) is 36.1. The van der Waals surface area contributed by atoms with Crippen molar-refractivity contribution in [3.63, 3.8) is 0 Å². The van der Waals surface area contributed by atoms with Gasteiger partial charge in [-0.1, -0.05) is 56.3 Å². The standard InChI is InChI=1S/C41H61N11O13/c1-22(2)15-27(48-39(63)31(20-54)51-36(60)28(46-33(57)18-42)16-23-7-4-3-5-8-23)35(59)50-30(19-53)38(62)47-26(9-6-14-45-41(43)44)34(58)49-29(17-24-10-12-25(56)13-11-24)37(61)52-32(21-55)40(64)65/h3-5,7-8,10-13,22,26-32,53-56H,6,9,14-21,42H2,1-2H3,(H,46,57)(H,47,62)(H,48,63)(H,49,58)(H,50,59)(H,51,60)(H,52,61)(H,64,65)(H4,43,44,45)/t26-,27-,28-,29-,30-,31-,32-/m0/s1. The van der Waals surface area contributed by atoms with Gasteiger partial charge in [0.15, 0.2) is 5.96 Å². The number of phenols is 1. The number of carboxylic acid groups (broad SMARTS) is 1. The van der Waals surface area contributed by atoms with Gasteiger partial charge in [0.1, 0.15) is 48.0 Å². The lowest BCUT2D eigenvalue weighted by molar-refractivity contribution is -0.143. The Labute approximate surface area is 374 Å². The Hall–Kier alpha value is -6.89. The number of benzene rings is 2. The van der Waals surface area contributed by atoms with Crippen molar-refractivity contribution >= 4 is 53.3 Å². The van der Waals surface area contributed by atoms with Crippen molar-refractivity contribution in [2.24, 2.45) is 28.1 Å². The average Bonchev–Trinajstić information content (AvgIpc) is 3.26. The van der Waals surface area contributed by atoms with Crippen LogP contribution in [0.4, 0.5) is 0 Å². The number of nitrogens with two attached hydrogens (primary N) is 3. The van der Waals surface area contributed by atoms with Gasteiger partial charge in [-0.15, -0.1) is 0 Å². The Morgan fingerprint density at radius 1 is 0.569 bits per heavy atom. The van der Waals surface area contributed by atoms with Crippen molar-refractivity contribution < 1.29 is 63.9 Å². The summed E-state index contributed by atoms with van der Waals surface area (Å²) in [5, 5.41) is 65.6. The smallest absolute Gasteiger partial charge is 0.328 e. The number of amides is 7. The second kappa shape index (κ2) is 28.0. The zero-order chi connectivity index (χ0) is 48.6. The third-order valence-electron chi connectivity index (χ3n) is 9.48. The quantitative estimate of drug-likeness (QED) is 0.0215. The highest BCUT2D eigenvalue weighted by Gasteiger charge is 2.34. The molecule has 65 heavy (non-hydrogen) atoms. The van der Waals surface area contributed by atoms with Crippen LogP contribution in [-0.4, -0.2) is 154 Å². The third kappa shape index (κ3) is 19.6. The van der Waals surface area contributed by atoms with E-state index >= 15 is 0 Å². The van der Waals surface area contributed by atoms with E-state index in [2.05, 4.69) is 42.2 Å². The van der Waals surface area contributed by atoms with Gasteiger partial charge in [-0.25, -0.2) is 4.79 Å². The number of nitrogens with one attached hydrogen (secondary N) is 7. The summed E-state index contributed by atoms with van der Waals surface area (Å²) < 4.78 is 0. The van der Waals surface area contributed by atoms with Gasteiger partial charge in [-0.2, -0.15) is 0 Å². The Bertz CT molecular complexity index is 1930. The molecule has 7 atom stereocenters. The Morgan fingerprint density at radius 2 is 0.985 bits per heavy atom. The first kappa shape index (κ1) is 54.2. The fourth-order valence-electron chi connectivity index (χ4n) is 6.07. The molecule has 24 nitrogen and oxygen atoms in total. The fourth-order valence-corrected chi connectivity index (χ4v) is 6.07. The molecule has 2 aromatic rings. The first-order valence-corrected chi connectivity index (χ1v) is 20.6. The minimum absolute atomic E-state index is 0.00746. The van der Waals surface area contributed by atoms with Crippen molar-refractivity contribution in [2.45, 2.75) is 88.2 Å². The lowest BCUT2D eigenvalue weighted by Gasteiger charge is -2.27. The highest BCUT2D eigenvalue weighted by atomic mass is 16.4. The Balaban J connectivity index is 2.31. The van der Waals surface area contributed by atoms with Crippen LogP contribution in [0, 0.1) is 5.92 Å². The molecular weight excluding hydrogens is 855 g/mol. The van der Waals surface area contributed by atoms with Crippen molar-refractivity contribution in [3.8, 4) is 5.75 Å². The topological polar surface area (TPSA) is 412 Å². The van der Waals surface area contributed by atoms with Crippen molar-refractivity contribution in [3.05, 3.63) is 65.7 Å². The number of carboxylic acids is 1. The lowest BCUT2D eigenvalue weighted by Crippen LogP contribution is -2.61. The molecule has 0 unspecified atom stereocenters. The van der Waals surface area contributed by atoms with Gasteiger partial charge in [0.05, 0.1) is 26.4 Å². The SMILES string of the molecule is CC(C)C[C@H](NC(=O)[C@H](CO)NC(=O)[C@H](Cc1ccccc1)NC(=O)CN)C(=O)N[C@@H](CO)C(=O)N[C@@H](CCCN=C(N)N)C(=O)N[C@@H](Cc1ccc(O)cc1)C(=O)N[C@@H](CO)C(=O)O. The predicted octanol–water partition coefficient (Wildman–Crippen LogP) is -5.31. The molecule has 0 heterocycles. The number of phenolic OH excluding ortho intramolecular Hbond substituents is 1. The largest absolute Gasteiger partial charge is 0.508 e. The van der Waals surface area contributed by atoms with Gasteiger partial charge < -0.3 is 80.0 Å². The minimum Gasteiger partial charge on any atom is -0.508 e. The number of aliphatic hydroxyl groups excluding tert-OH is 3. The number of aliphatic hydroxyl groups is 3. The summed E-state index contributed by atoms with van der Waals surface area (Å²) in [6.45, 7) is 0.0630. The van der Waals surface area contributed by atoms with E-state index in [0.29, 0.717) is 11.1 Å². The van der Waals surface area contributed by atoms with Gasteiger partial charge in [0, 0.05) is 19.4 Å². The van der Waals surface area contributed by atoms with Crippen LogP contribution in [0.15, 0.2) is 59.6 Å². The molecule has 358 valence electrons. The van der Waals surface area contributed by atoms with Crippen LogP contribution < -0.4 is 54.4 Å². The van der Waals surface area contributed by atoms with Gasteiger partial charge in [0.25, 0.3) is 0 Å². The molecule has 0 fully saturated rings. The van der Waals surface area contributed by atoms with Crippen LogP contribution in [-0.2, 0) is 51.2 Å². The molecule has 7 amide bonds. The summed E-state index contributed by atoms with van der Waals surface area (Å²) in [6.07, 6.45) is -0.378. The third-order valence-corrected chi connectivity index (χ3v) is 9.48. The van der Waals surface area contributed by atoms with Gasteiger partial charge in [-0.3, -0.25) is 38.6 Å². The van der Waals surface area contributed by atoms with E-state index in [1.807, 2.05) is 0 Å². The van der Waals surface area contributed by atoms with E-state index in [4.69, 9.17) is 17.2 Å². The molecule has 2 aromatic carbocycles. The Morgan fingerprint density at radius 3 is 1.46 bits per heavy atom. The number of carbonyl (C=O) groups is 8. The van der Waals surface area contributed by atoms with E-state index in [1.165, 1.54) is 24.3 Å². The molecule has 0 aromatic heterocycles. The van der Waals surface area contributed by atoms with Gasteiger partial charge in [0.2, 0.25) is 41.4 Å². The average molecular weight is 916 g/mol. The van der Waals surface area contributed by atoms with Gasteiger partial charge in [-0.05, 0) is 48.4 Å². The molecule has 0 aliphatic heterocycles. The van der Waals surface area contributed by atoms with Crippen LogP contribution in [0.3, 0.4) is 0 Å². The number of nitrogens with zero attached hydrogens (tertiary/aromatic N) is 1. The molecule has 2 rings (SSSR count). The van der Waals surface area contributed by atoms with Crippen LogP contribution in [0.1, 0.15) is 44.2 Å². The van der Waals surface area contributed by atoms with Crippen LogP contribution in [0.5, 0.6) is 5.75 Å². The summed E-state index contributed by atoms with van der Waals surface area (Å²) in [5.74, 6) is -8.76. The summed E-state index contributed by atoms with van der Waals surface area (Å²) in [4.78, 5) is 109. The molecule has 0 spiro atoms. The number of aliphatic imine (C=N–C) groups is 1. The summed E-state index contributed by atoms with van der Waals surface area (Å²) in [7, 11) is 0. The molecule has 24 heteroatoms. The van der Waals surface area contributed by atoms with Crippen molar-refractivity contribution in [1.29, 1.82) is 0 Å². The number of aliphatic carboxylic acids is 1. The molecule has 0 aliphatic rings. The molecule has 0 aliphatic carbocycles. The maximum absolute atomic E-state index is 13.8. The number of carbonyl (C=O) groups excluding carboxylic acids is 7. The number of rotatable bonds is 28. The maximum atomic E-state index is 13.8. The molecule has 0 radical (unpaired) electrons. The van der Waals surface area contributed by atoms with E-state index in [9.17, 15) is 63.9 Å². The van der Waals surface area contributed by atoms with Gasteiger partial charge >= 0.3 is 5.97 Å². The highest BCUT2D eigenvalue weighted by molar-refractivity contribution is 5.97. The monoisotopic (exact) mass is 915 g/mol. The summed E-state index contributed by atoms with van der Waals surface area (Å²) in [6, 6.07) is 3.42. The maximum Gasteiger partial charge on any atom is 0.328 e. The lowest BCUT2D eigenvalue weighted by atomic mass is 10.0. The predicted molar refractivity (Wildman–Crippen MR) is 233 cm³/mol. The number of guanidine groups is 1.